The van der Waals surface area contributed by atoms with Crippen LogP contribution in [0.2, 0.25) is 0 Å². The molecule has 106 valence electrons. The first-order valence-corrected chi connectivity index (χ1v) is 6.30. The second-order valence-electron chi connectivity index (χ2n) is 4.56. The second kappa shape index (κ2) is 6.83. The molecule has 0 aliphatic carbocycles. The van der Waals surface area contributed by atoms with E-state index in [1.165, 1.54) is 5.56 Å². The van der Waals surface area contributed by atoms with Crippen molar-refractivity contribution in [3.05, 3.63) is 47.9 Å². The van der Waals surface area contributed by atoms with Gasteiger partial charge in [0.2, 0.25) is 0 Å². The molecular weight excluding hydrogens is 254 g/mol. The van der Waals surface area contributed by atoms with Crippen LogP contribution < -0.4 is 16.0 Å². The van der Waals surface area contributed by atoms with Crippen LogP contribution in [0.5, 0.6) is 5.75 Å². The number of rotatable bonds is 6. The molecule has 0 aliphatic heterocycles. The molecule has 3 N–H and O–H groups in total. The van der Waals surface area contributed by atoms with Crippen molar-refractivity contribution in [2.75, 3.05) is 19.6 Å². The van der Waals surface area contributed by atoms with Gasteiger partial charge in [-0.2, -0.15) is 0 Å². The summed E-state index contributed by atoms with van der Waals surface area (Å²) in [7, 11) is 3.71. The molecule has 0 bridgehead atoms. The van der Waals surface area contributed by atoms with E-state index >= 15 is 0 Å². The Morgan fingerprint density at radius 1 is 1.25 bits per heavy atom. The van der Waals surface area contributed by atoms with Crippen molar-refractivity contribution in [2.24, 2.45) is 5.84 Å². The molecule has 0 amide bonds. The van der Waals surface area contributed by atoms with E-state index in [9.17, 15) is 0 Å². The lowest BCUT2D eigenvalue weighted by Gasteiger charge is -2.16. The van der Waals surface area contributed by atoms with Gasteiger partial charge in [0.1, 0.15) is 5.75 Å². The van der Waals surface area contributed by atoms with Crippen LogP contribution >= 0.6 is 0 Å². The summed E-state index contributed by atoms with van der Waals surface area (Å²) in [5, 5.41) is 0. The predicted octanol–water partition coefficient (Wildman–Crippen LogP) is 1.40. The summed E-state index contributed by atoms with van der Waals surface area (Å²) < 4.78 is 5.22. The van der Waals surface area contributed by atoms with Crippen LogP contribution in [-0.4, -0.2) is 29.0 Å². The van der Waals surface area contributed by atoms with Crippen LogP contribution in [0.15, 0.2) is 36.7 Å². The molecule has 0 aliphatic rings. The smallest absolute Gasteiger partial charge is 0.158 e. The number of methoxy groups -OCH3 is 1. The van der Waals surface area contributed by atoms with E-state index in [4.69, 9.17) is 10.6 Å². The summed E-state index contributed by atoms with van der Waals surface area (Å²) in [4.78, 5) is 10.6. The van der Waals surface area contributed by atoms with Crippen molar-refractivity contribution in [2.45, 2.75) is 13.1 Å². The Kier molecular flexibility index (Phi) is 4.86. The fraction of sp³-hybridized carbons (Fsp3) is 0.286. The number of hydrogen-bond donors (Lipinski definition) is 2. The topological polar surface area (TPSA) is 76.3 Å². The molecule has 1 heterocycles. The summed E-state index contributed by atoms with van der Waals surface area (Å²) in [6.45, 7) is 1.53. The molecule has 0 saturated heterocycles. The number of ether oxygens (including phenoxy) is 1. The van der Waals surface area contributed by atoms with Crippen LogP contribution in [0.25, 0.3) is 0 Å². The average molecular weight is 273 g/mol. The Bertz CT molecular complexity index is 544. The zero-order valence-electron chi connectivity index (χ0n) is 11.7. The first-order valence-electron chi connectivity index (χ1n) is 6.30. The highest BCUT2D eigenvalue weighted by Gasteiger charge is 2.04. The quantitative estimate of drug-likeness (QED) is 0.612. The Balaban J connectivity index is 1.95. The maximum atomic E-state index is 5.26. The number of nitrogens with two attached hydrogens (primary N) is 1. The maximum absolute atomic E-state index is 5.26. The van der Waals surface area contributed by atoms with Gasteiger partial charge in [-0.05, 0) is 24.7 Å². The third-order valence-corrected chi connectivity index (χ3v) is 2.87. The van der Waals surface area contributed by atoms with Gasteiger partial charge in [0.15, 0.2) is 5.82 Å². The molecule has 0 radical (unpaired) electrons. The lowest BCUT2D eigenvalue weighted by molar-refractivity contribution is 0.314. The number of nitrogen functional groups attached to an aromatic ring is 1. The summed E-state index contributed by atoms with van der Waals surface area (Å²) in [5.41, 5.74) is 4.55. The number of benzene rings is 1. The fourth-order valence-corrected chi connectivity index (χ4v) is 1.93. The van der Waals surface area contributed by atoms with Gasteiger partial charge in [-0.3, -0.25) is 9.88 Å². The average Bonchev–Trinajstić information content (AvgIpc) is 2.48. The molecule has 1 aromatic heterocycles. The van der Waals surface area contributed by atoms with Gasteiger partial charge < -0.3 is 10.2 Å². The van der Waals surface area contributed by atoms with Gasteiger partial charge in [-0.25, -0.2) is 10.8 Å². The largest absolute Gasteiger partial charge is 0.497 e. The Hall–Kier alpha value is -2.18. The van der Waals surface area contributed by atoms with E-state index in [1.807, 2.05) is 25.2 Å². The maximum Gasteiger partial charge on any atom is 0.158 e. The molecule has 6 heteroatoms. The van der Waals surface area contributed by atoms with Crippen molar-refractivity contribution >= 4 is 5.82 Å². The first kappa shape index (κ1) is 14.2. The lowest BCUT2D eigenvalue weighted by Crippen LogP contribution is -2.18. The summed E-state index contributed by atoms with van der Waals surface area (Å²) >= 11 is 0. The zero-order valence-corrected chi connectivity index (χ0v) is 11.7. The van der Waals surface area contributed by atoms with Crippen LogP contribution in [0.1, 0.15) is 11.3 Å². The Morgan fingerprint density at radius 2 is 2.10 bits per heavy atom. The van der Waals surface area contributed by atoms with Crippen molar-refractivity contribution < 1.29 is 4.74 Å². The van der Waals surface area contributed by atoms with Crippen molar-refractivity contribution in [1.82, 2.24) is 14.9 Å². The number of nitrogens with zero attached hydrogens (tertiary/aromatic N) is 3. The van der Waals surface area contributed by atoms with Gasteiger partial charge in [0.25, 0.3) is 0 Å². The number of hydrogen-bond acceptors (Lipinski definition) is 6. The molecule has 20 heavy (non-hydrogen) atoms. The van der Waals surface area contributed by atoms with E-state index in [0.29, 0.717) is 5.82 Å². The lowest BCUT2D eigenvalue weighted by atomic mass is 10.2. The highest BCUT2D eigenvalue weighted by molar-refractivity contribution is 5.29. The zero-order chi connectivity index (χ0) is 14.4. The van der Waals surface area contributed by atoms with E-state index in [0.717, 1.165) is 24.5 Å². The number of anilines is 1. The van der Waals surface area contributed by atoms with Crippen LogP contribution in [0.4, 0.5) is 5.82 Å². The molecule has 0 spiro atoms. The molecule has 0 fully saturated rings. The predicted molar refractivity (Wildman–Crippen MR) is 78.0 cm³/mol. The van der Waals surface area contributed by atoms with Gasteiger partial charge >= 0.3 is 0 Å². The minimum atomic E-state index is 0.559. The molecular formula is C14H19N5O. The van der Waals surface area contributed by atoms with E-state index < -0.39 is 0 Å². The SMILES string of the molecule is COc1cccc(CN(C)Cc2cnc(NN)cn2)c1. The third kappa shape index (κ3) is 3.91. The van der Waals surface area contributed by atoms with Crippen LogP contribution in [0, 0.1) is 0 Å². The van der Waals surface area contributed by atoms with Crippen LogP contribution in [-0.2, 0) is 13.1 Å². The number of nitrogens with one attached hydrogen (secondary N) is 1. The molecule has 6 nitrogen and oxygen atoms in total. The Morgan fingerprint density at radius 3 is 2.75 bits per heavy atom. The number of hydrazine groups is 1. The summed E-state index contributed by atoms with van der Waals surface area (Å²) in [5.74, 6) is 6.68. The van der Waals surface area contributed by atoms with Gasteiger partial charge in [0, 0.05) is 13.1 Å². The molecule has 0 unspecified atom stereocenters. The Labute approximate surface area is 118 Å². The van der Waals surface area contributed by atoms with Crippen LogP contribution in [0.3, 0.4) is 0 Å². The summed E-state index contributed by atoms with van der Waals surface area (Å²) in [6.07, 6.45) is 3.34. The number of aromatic nitrogens is 2. The highest BCUT2D eigenvalue weighted by atomic mass is 16.5. The van der Waals surface area contributed by atoms with E-state index in [1.54, 1.807) is 19.5 Å². The third-order valence-electron chi connectivity index (χ3n) is 2.87. The van der Waals surface area contributed by atoms with E-state index in [-0.39, 0.29) is 0 Å². The van der Waals surface area contributed by atoms with Gasteiger partial charge in [-0.1, -0.05) is 12.1 Å². The fourth-order valence-electron chi connectivity index (χ4n) is 1.93. The van der Waals surface area contributed by atoms with Gasteiger partial charge in [-0.15, -0.1) is 0 Å². The first-order chi connectivity index (χ1) is 9.71. The molecule has 2 rings (SSSR count). The monoisotopic (exact) mass is 273 g/mol. The standard InChI is InChI=1S/C14H19N5O/c1-19(9-11-4-3-5-13(6-11)20-2)10-12-7-17-14(18-15)8-16-12/h3-8H,9-10,15H2,1-2H3,(H,17,18). The molecule has 0 atom stereocenters. The second-order valence-corrected chi connectivity index (χ2v) is 4.56. The van der Waals surface area contributed by atoms with Crippen molar-refractivity contribution in [3.63, 3.8) is 0 Å². The molecule has 0 saturated carbocycles. The molecule has 2 aromatic rings. The van der Waals surface area contributed by atoms with Crippen molar-refractivity contribution in [3.8, 4) is 5.75 Å². The molecule has 1 aromatic carbocycles. The van der Waals surface area contributed by atoms with Crippen molar-refractivity contribution in [1.29, 1.82) is 0 Å². The highest BCUT2D eigenvalue weighted by Crippen LogP contribution is 2.14. The van der Waals surface area contributed by atoms with E-state index in [2.05, 4.69) is 26.4 Å². The normalized spacial score (nSPS) is 10.6. The summed E-state index contributed by atoms with van der Waals surface area (Å²) in [6, 6.07) is 8.03. The minimum absolute atomic E-state index is 0.559. The minimum Gasteiger partial charge on any atom is -0.497 e. The van der Waals surface area contributed by atoms with Gasteiger partial charge in [0.05, 0.1) is 25.2 Å².